The molecule has 3 aromatic rings. The minimum Gasteiger partial charge on any atom is -0.504 e. The zero-order valence-corrected chi connectivity index (χ0v) is 13.6. The van der Waals surface area contributed by atoms with Gasteiger partial charge in [0, 0.05) is 11.1 Å². The van der Waals surface area contributed by atoms with Crippen LogP contribution in [0.4, 0.5) is 0 Å². The lowest BCUT2D eigenvalue weighted by Crippen LogP contribution is -2.05. The molecule has 2 aliphatic heterocycles. The maximum Gasteiger partial charge on any atom is 0.625 e. The Morgan fingerprint density at radius 1 is 0.720 bits per heavy atom. The number of aromatic hydroxyl groups is 1. The van der Waals surface area contributed by atoms with Gasteiger partial charge in [0.25, 0.3) is 5.75 Å². The Kier molecular flexibility index (Phi) is 2.89. The number of phosphoric acid groups is 1. The number of phenols is 1. The molecule has 0 aromatic heterocycles. The molecule has 0 spiro atoms. The van der Waals surface area contributed by atoms with E-state index in [-0.39, 0.29) is 23.0 Å². The van der Waals surface area contributed by atoms with Crippen LogP contribution in [0.3, 0.4) is 0 Å². The molecule has 7 heteroatoms. The van der Waals surface area contributed by atoms with E-state index in [0.717, 1.165) is 11.1 Å². The Labute approximate surface area is 142 Å². The van der Waals surface area contributed by atoms with Crippen molar-refractivity contribution >= 4 is 7.82 Å². The molecule has 0 radical (unpaired) electrons. The highest BCUT2D eigenvalue weighted by molar-refractivity contribution is 7.49. The van der Waals surface area contributed by atoms with Crippen molar-refractivity contribution in [3.8, 4) is 45.3 Å². The number of hydrogen-bond donors (Lipinski definition) is 1. The van der Waals surface area contributed by atoms with Crippen LogP contribution in [0.15, 0.2) is 60.7 Å². The number of benzene rings is 3. The third-order valence-electron chi connectivity index (χ3n) is 4.08. The van der Waals surface area contributed by atoms with Crippen LogP contribution < -0.4 is 13.9 Å². The summed E-state index contributed by atoms with van der Waals surface area (Å²) in [7, 11) is -3.87. The van der Waals surface area contributed by atoms with Crippen LogP contribution >= 0.6 is 7.82 Å². The summed E-state index contributed by atoms with van der Waals surface area (Å²) in [5, 5.41) is 10.8. The second-order valence-corrected chi connectivity index (χ2v) is 7.01. The number of rotatable bonds is 2. The first-order valence-electron chi connectivity index (χ1n) is 7.55. The smallest absolute Gasteiger partial charge is 0.504 e. The van der Waals surface area contributed by atoms with E-state index in [0.29, 0.717) is 11.1 Å². The van der Waals surface area contributed by atoms with Crippen LogP contribution in [0.25, 0.3) is 22.3 Å². The van der Waals surface area contributed by atoms with Gasteiger partial charge in [-0.3, -0.25) is 0 Å². The van der Waals surface area contributed by atoms with Crippen molar-refractivity contribution in [2.24, 2.45) is 0 Å². The van der Waals surface area contributed by atoms with Crippen LogP contribution in [0, 0.1) is 0 Å². The van der Waals surface area contributed by atoms with E-state index in [4.69, 9.17) is 18.6 Å². The van der Waals surface area contributed by atoms with Gasteiger partial charge in [-0.05, 0) is 11.1 Å². The molecule has 0 amide bonds. The van der Waals surface area contributed by atoms with Crippen LogP contribution in [0.2, 0.25) is 0 Å². The van der Waals surface area contributed by atoms with E-state index in [9.17, 15) is 9.67 Å². The first-order valence-corrected chi connectivity index (χ1v) is 9.01. The maximum absolute atomic E-state index is 12.4. The van der Waals surface area contributed by atoms with Gasteiger partial charge in [0.2, 0.25) is 5.75 Å². The molecule has 124 valence electrons. The summed E-state index contributed by atoms with van der Waals surface area (Å²) in [6, 6.07) is 18.6. The fraction of sp³-hybridized carbons (Fsp3) is 0. The van der Waals surface area contributed by atoms with E-state index in [1.165, 1.54) is 0 Å². The first-order chi connectivity index (χ1) is 12.2. The number of hydrogen-bond acceptors (Lipinski definition) is 6. The predicted octanol–water partition coefficient (Wildman–Crippen LogP) is 4.93. The van der Waals surface area contributed by atoms with Crippen molar-refractivity contribution in [2.75, 3.05) is 0 Å². The van der Waals surface area contributed by atoms with Gasteiger partial charge in [-0.1, -0.05) is 65.3 Å². The highest BCUT2D eigenvalue weighted by Gasteiger charge is 2.51. The molecule has 3 aromatic carbocycles. The van der Waals surface area contributed by atoms with Crippen LogP contribution in [-0.4, -0.2) is 5.11 Å². The second-order valence-electron chi connectivity index (χ2n) is 5.61. The second kappa shape index (κ2) is 5.02. The topological polar surface area (TPSA) is 74.2 Å². The SMILES string of the molecule is O=P12OOc3c(O)c(-c4ccccc4)c(-c4ccccc4)c(c3O1)O2. The van der Waals surface area contributed by atoms with Gasteiger partial charge in [-0.25, -0.2) is 4.57 Å². The third kappa shape index (κ3) is 2.05. The lowest BCUT2D eigenvalue weighted by molar-refractivity contribution is -0.126. The summed E-state index contributed by atoms with van der Waals surface area (Å²) in [5.41, 5.74) is 2.58. The quantitative estimate of drug-likeness (QED) is 0.520. The molecule has 2 bridgehead atoms. The van der Waals surface area contributed by atoms with Crippen LogP contribution in [-0.2, 0) is 9.24 Å². The predicted molar refractivity (Wildman–Crippen MR) is 89.6 cm³/mol. The molecule has 0 saturated carbocycles. The van der Waals surface area contributed by atoms with Crippen molar-refractivity contribution in [3.05, 3.63) is 60.7 Å². The lowest BCUT2D eigenvalue weighted by atomic mass is 9.92. The molecule has 5 rings (SSSR count). The summed E-state index contributed by atoms with van der Waals surface area (Å²) in [6.45, 7) is 0. The summed E-state index contributed by atoms with van der Waals surface area (Å²) in [4.78, 5) is 5.01. The van der Waals surface area contributed by atoms with E-state index >= 15 is 0 Å². The van der Waals surface area contributed by atoms with Gasteiger partial charge < -0.3 is 19.0 Å². The normalized spacial score (nSPS) is 19.7. The van der Waals surface area contributed by atoms with E-state index in [2.05, 4.69) is 0 Å². The summed E-state index contributed by atoms with van der Waals surface area (Å²) < 4.78 is 27.8. The molecule has 0 saturated heterocycles. The van der Waals surface area contributed by atoms with Gasteiger partial charge in [-0.2, -0.15) is 0 Å². The monoisotopic (exact) mass is 354 g/mol. The van der Waals surface area contributed by atoms with Crippen molar-refractivity contribution in [3.63, 3.8) is 0 Å². The van der Waals surface area contributed by atoms with Crippen molar-refractivity contribution in [1.29, 1.82) is 0 Å². The number of phenolic OH excluding ortho intramolecular Hbond substituents is 1. The average Bonchev–Trinajstić information content (AvgIpc) is 2.94. The molecule has 1 N–H and O–H groups in total. The summed E-state index contributed by atoms with van der Waals surface area (Å²) in [5.74, 6) is 0.113. The van der Waals surface area contributed by atoms with E-state index in [1.807, 2.05) is 60.7 Å². The molecule has 0 fully saturated rings. The maximum atomic E-state index is 12.4. The Bertz CT molecular complexity index is 1030. The minimum absolute atomic E-state index is 0.0440. The van der Waals surface area contributed by atoms with Gasteiger partial charge in [0.05, 0.1) is 0 Å². The van der Waals surface area contributed by atoms with E-state index < -0.39 is 7.82 Å². The molecular weight excluding hydrogens is 343 g/mol. The fourth-order valence-corrected chi connectivity index (χ4v) is 4.09. The Hall–Kier alpha value is -2.95. The summed E-state index contributed by atoms with van der Waals surface area (Å²) in [6.07, 6.45) is 0. The average molecular weight is 354 g/mol. The summed E-state index contributed by atoms with van der Waals surface area (Å²) >= 11 is 0. The van der Waals surface area contributed by atoms with Crippen LogP contribution in [0.1, 0.15) is 0 Å². The number of phosphoric ester groups is 1. The van der Waals surface area contributed by atoms with Crippen molar-refractivity contribution in [1.82, 2.24) is 0 Å². The number of fused-ring (bicyclic) bond motifs is 1. The fourth-order valence-electron chi connectivity index (χ4n) is 3.04. The standard InChI is InChI=1S/C18H11O6P/c19-15-13(11-7-3-1-4-8-11)14(12-9-5-2-6-10-12)16-18-17(15)21-24-25(20,22-16)23-18/h1-10,19H. The van der Waals surface area contributed by atoms with Gasteiger partial charge >= 0.3 is 7.82 Å². The largest absolute Gasteiger partial charge is 0.625 e. The molecule has 6 nitrogen and oxygen atoms in total. The molecule has 1 atom stereocenters. The lowest BCUT2D eigenvalue weighted by Gasteiger charge is -2.18. The van der Waals surface area contributed by atoms with Crippen molar-refractivity contribution < 1.29 is 28.3 Å². The Morgan fingerprint density at radius 3 is 1.92 bits per heavy atom. The van der Waals surface area contributed by atoms with Gasteiger partial charge in [0.1, 0.15) is 0 Å². The Balaban J connectivity index is 1.91. The molecule has 2 aliphatic rings. The zero-order chi connectivity index (χ0) is 17.0. The first kappa shape index (κ1) is 14.4. The highest BCUT2D eigenvalue weighted by Crippen LogP contribution is 2.71. The van der Waals surface area contributed by atoms with Gasteiger partial charge in [-0.15, -0.1) is 0 Å². The molecule has 2 heterocycles. The van der Waals surface area contributed by atoms with E-state index in [1.54, 1.807) is 0 Å². The Morgan fingerprint density at radius 2 is 1.28 bits per heavy atom. The van der Waals surface area contributed by atoms with Crippen molar-refractivity contribution in [2.45, 2.75) is 0 Å². The highest BCUT2D eigenvalue weighted by atomic mass is 31.2. The minimum atomic E-state index is -3.87. The zero-order valence-electron chi connectivity index (χ0n) is 12.7. The molecule has 0 aliphatic carbocycles. The molecule has 25 heavy (non-hydrogen) atoms. The van der Waals surface area contributed by atoms with Crippen LogP contribution in [0.5, 0.6) is 23.0 Å². The van der Waals surface area contributed by atoms with Gasteiger partial charge in [0.15, 0.2) is 11.5 Å². The molecule has 1 unspecified atom stereocenters. The third-order valence-corrected chi connectivity index (χ3v) is 5.15. The molecular formula is C18H11O6P.